The summed E-state index contributed by atoms with van der Waals surface area (Å²) < 4.78 is 0. The zero-order valence-electron chi connectivity index (χ0n) is 11.4. The predicted molar refractivity (Wildman–Crippen MR) is 80.3 cm³/mol. The summed E-state index contributed by atoms with van der Waals surface area (Å²) in [7, 11) is 1.76. The SMILES string of the molecule is CNc1nc(Nc2ccc(CC#N)cc2)c2cn[nH]c2n1. The molecular weight excluding hydrogens is 266 g/mol. The van der Waals surface area contributed by atoms with E-state index in [2.05, 4.69) is 36.9 Å². The first-order valence-electron chi connectivity index (χ1n) is 6.42. The lowest BCUT2D eigenvalue weighted by Gasteiger charge is -2.08. The molecule has 0 spiro atoms. The quantitative estimate of drug-likeness (QED) is 0.676. The van der Waals surface area contributed by atoms with E-state index in [1.54, 1.807) is 13.2 Å². The van der Waals surface area contributed by atoms with Gasteiger partial charge in [-0.2, -0.15) is 20.3 Å². The summed E-state index contributed by atoms with van der Waals surface area (Å²) in [6.45, 7) is 0. The van der Waals surface area contributed by atoms with Gasteiger partial charge in [0.1, 0.15) is 5.82 Å². The first kappa shape index (κ1) is 12.9. The van der Waals surface area contributed by atoms with Crippen LogP contribution in [-0.2, 0) is 6.42 Å². The van der Waals surface area contributed by atoms with Gasteiger partial charge in [0.15, 0.2) is 5.65 Å². The number of H-pyrrole nitrogens is 1. The molecule has 0 saturated carbocycles. The number of nitriles is 1. The molecule has 0 amide bonds. The number of hydrogen-bond acceptors (Lipinski definition) is 6. The molecule has 104 valence electrons. The van der Waals surface area contributed by atoms with Gasteiger partial charge in [-0.05, 0) is 17.7 Å². The third kappa shape index (κ3) is 2.60. The summed E-state index contributed by atoms with van der Waals surface area (Å²) in [6.07, 6.45) is 2.09. The molecule has 1 aromatic carbocycles. The van der Waals surface area contributed by atoms with Crippen LogP contribution in [0.4, 0.5) is 17.5 Å². The minimum absolute atomic E-state index is 0.406. The van der Waals surface area contributed by atoms with Crippen molar-refractivity contribution in [3.05, 3.63) is 36.0 Å². The van der Waals surface area contributed by atoms with Crippen LogP contribution in [0.1, 0.15) is 5.56 Å². The molecule has 0 atom stereocenters. The first-order chi connectivity index (χ1) is 10.3. The van der Waals surface area contributed by atoms with Gasteiger partial charge in [0.05, 0.1) is 24.1 Å². The van der Waals surface area contributed by atoms with E-state index in [0.29, 0.717) is 23.8 Å². The number of anilines is 3. The number of fused-ring (bicyclic) bond motifs is 1. The lowest BCUT2D eigenvalue weighted by molar-refractivity contribution is 1.09. The van der Waals surface area contributed by atoms with Crippen molar-refractivity contribution in [3.8, 4) is 6.07 Å². The van der Waals surface area contributed by atoms with E-state index < -0.39 is 0 Å². The number of benzene rings is 1. The first-order valence-corrected chi connectivity index (χ1v) is 6.42. The number of aromatic amines is 1. The van der Waals surface area contributed by atoms with Crippen molar-refractivity contribution in [1.29, 1.82) is 5.26 Å². The summed E-state index contributed by atoms with van der Waals surface area (Å²) in [6, 6.07) is 9.79. The highest BCUT2D eigenvalue weighted by Crippen LogP contribution is 2.23. The van der Waals surface area contributed by atoms with Crippen molar-refractivity contribution in [2.75, 3.05) is 17.7 Å². The minimum Gasteiger partial charge on any atom is -0.357 e. The topological polar surface area (TPSA) is 102 Å². The number of nitrogens with zero attached hydrogens (tertiary/aromatic N) is 4. The van der Waals surface area contributed by atoms with E-state index in [0.717, 1.165) is 16.6 Å². The van der Waals surface area contributed by atoms with Crippen LogP contribution in [0.15, 0.2) is 30.5 Å². The van der Waals surface area contributed by atoms with Crippen LogP contribution >= 0.6 is 0 Å². The van der Waals surface area contributed by atoms with Crippen LogP contribution in [0.3, 0.4) is 0 Å². The Morgan fingerprint density at radius 2 is 2.05 bits per heavy atom. The molecule has 2 aromatic heterocycles. The average molecular weight is 279 g/mol. The van der Waals surface area contributed by atoms with Gasteiger partial charge in [-0.25, -0.2) is 0 Å². The van der Waals surface area contributed by atoms with Crippen LogP contribution < -0.4 is 10.6 Å². The van der Waals surface area contributed by atoms with Crippen molar-refractivity contribution in [1.82, 2.24) is 20.2 Å². The van der Waals surface area contributed by atoms with Crippen molar-refractivity contribution in [2.45, 2.75) is 6.42 Å². The van der Waals surface area contributed by atoms with E-state index in [9.17, 15) is 0 Å². The largest absolute Gasteiger partial charge is 0.357 e. The molecule has 2 heterocycles. The number of nitrogens with one attached hydrogen (secondary N) is 3. The maximum atomic E-state index is 8.68. The van der Waals surface area contributed by atoms with Gasteiger partial charge in [0.25, 0.3) is 0 Å². The van der Waals surface area contributed by atoms with Crippen molar-refractivity contribution in [3.63, 3.8) is 0 Å². The Hall–Kier alpha value is -3.14. The van der Waals surface area contributed by atoms with E-state index in [-0.39, 0.29) is 0 Å². The fourth-order valence-electron chi connectivity index (χ4n) is 1.98. The van der Waals surface area contributed by atoms with Crippen molar-refractivity contribution < 1.29 is 0 Å². The van der Waals surface area contributed by atoms with Gasteiger partial charge in [-0.15, -0.1) is 0 Å². The highest BCUT2D eigenvalue weighted by atomic mass is 15.2. The lowest BCUT2D eigenvalue weighted by atomic mass is 10.1. The van der Waals surface area contributed by atoms with Crippen LogP contribution in [0.25, 0.3) is 11.0 Å². The minimum atomic E-state index is 0.406. The molecule has 3 N–H and O–H groups in total. The molecule has 21 heavy (non-hydrogen) atoms. The predicted octanol–water partition coefficient (Wildman–Crippen LogP) is 2.20. The monoisotopic (exact) mass is 279 g/mol. The van der Waals surface area contributed by atoms with Gasteiger partial charge in [0, 0.05) is 12.7 Å². The van der Waals surface area contributed by atoms with E-state index in [4.69, 9.17) is 5.26 Å². The van der Waals surface area contributed by atoms with Crippen LogP contribution in [0.5, 0.6) is 0 Å². The standard InChI is InChI=1S/C14H13N7/c1-16-14-19-12(11-8-17-21-13(11)20-14)18-10-4-2-9(3-5-10)6-7-15/h2-5,8H,6H2,1H3,(H3,16,17,18,19,20,21). The summed E-state index contributed by atoms with van der Waals surface area (Å²) in [5.41, 5.74) is 2.54. The van der Waals surface area contributed by atoms with Crippen LogP contribution in [0, 0.1) is 11.3 Å². The Kier molecular flexibility index (Phi) is 3.35. The molecule has 3 rings (SSSR count). The summed E-state index contributed by atoms with van der Waals surface area (Å²) in [5, 5.41) is 22.5. The molecule has 0 aliphatic heterocycles. The average Bonchev–Trinajstić information content (AvgIpc) is 2.98. The second-order valence-corrected chi connectivity index (χ2v) is 4.43. The maximum absolute atomic E-state index is 8.68. The lowest BCUT2D eigenvalue weighted by Crippen LogP contribution is -2.01. The Balaban J connectivity index is 1.93. The molecular formula is C14H13N7. The smallest absolute Gasteiger partial charge is 0.226 e. The number of hydrogen-bond donors (Lipinski definition) is 3. The fraction of sp³-hybridized carbons (Fsp3) is 0.143. The molecule has 7 heteroatoms. The van der Waals surface area contributed by atoms with Crippen LogP contribution in [0.2, 0.25) is 0 Å². The third-order valence-corrected chi connectivity index (χ3v) is 3.03. The summed E-state index contributed by atoms with van der Waals surface area (Å²) >= 11 is 0. The molecule has 0 fully saturated rings. The van der Waals surface area contributed by atoms with Crippen molar-refractivity contribution >= 4 is 28.5 Å². The second-order valence-electron chi connectivity index (χ2n) is 4.43. The summed E-state index contributed by atoms with van der Waals surface area (Å²) in [4.78, 5) is 8.68. The number of rotatable bonds is 4. The molecule has 7 nitrogen and oxygen atoms in total. The normalized spacial score (nSPS) is 10.3. The zero-order valence-corrected chi connectivity index (χ0v) is 11.4. The summed E-state index contributed by atoms with van der Waals surface area (Å²) in [5.74, 6) is 1.18. The van der Waals surface area contributed by atoms with E-state index in [1.807, 2.05) is 24.3 Å². The van der Waals surface area contributed by atoms with Gasteiger partial charge in [-0.1, -0.05) is 12.1 Å². The van der Waals surface area contributed by atoms with Gasteiger partial charge < -0.3 is 10.6 Å². The van der Waals surface area contributed by atoms with Gasteiger partial charge >= 0.3 is 0 Å². The van der Waals surface area contributed by atoms with Gasteiger partial charge in [0.2, 0.25) is 5.95 Å². The Morgan fingerprint density at radius 3 is 2.76 bits per heavy atom. The Labute approximate surface area is 121 Å². The molecule has 3 aromatic rings. The number of aromatic nitrogens is 4. The van der Waals surface area contributed by atoms with Gasteiger partial charge in [-0.3, -0.25) is 5.10 Å². The van der Waals surface area contributed by atoms with Crippen molar-refractivity contribution in [2.24, 2.45) is 0 Å². The fourth-order valence-corrected chi connectivity index (χ4v) is 1.98. The van der Waals surface area contributed by atoms with E-state index in [1.165, 1.54) is 0 Å². The van der Waals surface area contributed by atoms with Crippen LogP contribution in [-0.4, -0.2) is 27.2 Å². The highest BCUT2D eigenvalue weighted by molar-refractivity contribution is 5.88. The molecule has 0 bridgehead atoms. The third-order valence-electron chi connectivity index (χ3n) is 3.03. The molecule has 0 aliphatic rings. The second kappa shape index (κ2) is 5.46. The highest BCUT2D eigenvalue weighted by Gasteiger charge is 2.09. The van der Waals surface area contributed by atoms with E-state index >= 15 is 0 Å². The Morgan fingerprint density at radius 1 is 1.24 bits per heavy atom. The maximum Gasteiger partial charge on any atom is 0.226 e. The molecule has 0 radical (unpaired) electrons. The Bertz CT molecular complexity index is 798. The zero-order chi connectivity index (χ0) is 14.7. The molecule has 0 unspecified atom stereocenters. The molecule has 0 saturated heterocycles. The molecule has 0 aliphatic carbocycles.